The second kappa shape index (κ2) is 10.6. The summed E-state index contributed by atoms with van der Waals surface area (Å²) in [5.74, 6) is -0.785. The van der Waals surface area contributed by atoms with E-state index < -0.39 is 5.97 Å². The summed E-state index contributed by atoms with van der Waals surface area (Å²) >= 11 is 0. The highest BCUT2D eigenvalue weighted by Crippen LogP contribution is 2.10. The molecule has 0 amide bonds. The minimum Gasteiger partial charge on any atom is -0.392 e. The molecule has 1 heterocycles. The lowest BCUT2D eigenvalue weighted by Crippen LogP contribution is -2.33. The SMILES string of the molecule is C=CCCCCCCCCC(=O)OC(=O)[C@@H]1CCCN1. The summed E-state index contributed by atoms with van der Waals surface area (Å²) < 4.78 is 4.84. The van der Waals surface area contributed by atoms with Crippen molar-refractivity contribution in [1.29, 1.82) is 0 Å². The molecule has 1 aliphatic rings. The van der Waals surface area contributed by atoms with Crippen molar-refractivity contribution in [3.8, 4) is 0 Å². The van der Waals surface area contributed by atoms with E-state index >= 15 is 0 Å². The molecule has 0 saturated carbocycles. The number of carbonyl (C=O) groups is 2. The van der Waals surface area contributed by atoms with Gasteiger partial charge in [0.1, 0.15) is 6.04 Å². The van der Waals surface area contributed by atoms with E-state index in [1.165, 1.54) is 19.3 Å². The van der Waals surface area contributed by atoms with Crippen LogP contribution in [0, 0.1) is 0 Å². The number of hydrogen-bond donors (Lipinski definition) is 1. The molecule has 4 nitrogen and oxygen atoms in total. The molecule has 0 aromatic rings. The Morgan fingerprint density at radius 3 is 2.50 bits per heavy atom. The Bertz CT molecular complexity index is 309. The fourth-order valence-corrected chi connectivity index (χ4v) is 2.39. The zero-order valence-corrected chi connectivity index (χ0v) is 12.4. The van der Waals surface area contributed by atoms with Gasteiger partial charge in [-0.2, -0.15) is 0 Å². The topological polar surface area (TPSA) is 55.4 Å². The molecular weight excluding hydrogens is 254 g/mol. The third-order valence-corrected chi connectivity index (χ3v) is 3.60. The van der Waals surface area contributed by atoms with Crippen molar-refractivity contribution >= 4 is 11.9 Å². The number of esters is 2. The van der Waals surface area contributed by atoms with Crippen LogP contribution in [-0.4, -0.2) is 24.5 Å². The number of nitrogens with one attached hydrogen (secondary N) is 1. The molecular formula is C16H27NO3. The zero-order chi connectivity index (χ0) is 14.6. The molecule has 114 valence electrons. The summed E-state index contributed by atoms with van der Waals surface area (Å²) in [5.41, 5.74) is 0. The Morgan fingerprint density at radius 1 is 1.15 bits per heavy atom. The van der Waals surface area contributed by atoms with Crippen LogP contribution in [0.15, 0.2) is 12.7 Å². The molecule has 20 heavy (non-hydrogen) atoms. The van der Waals surface area contributed by atoms with Crippen molar-refractivity contribution in [3.63, 3.8) is 0 Å². The molecule has 0 bridgehead atoms. The molecule has 1 saturated heterocycles. The van der Waals surface area contributed by atoms with Crippen LogP contribution in [0.2, 0.25) is 0 Å². The molecule has 0 aromatic heterocycles. The Hall–Kier alpha value is -1.16. The summed E-state index contributed by atoms with van der Waals surface area (Å²) in [6.45, 7) is 4.53. The van der Waals surface area contributed by atoms with Gasteiger partial charge in [-0.25, -0.2) is 4.79 Å². The van der Waals surface area contributed by atoms with Crippen molar-refractivity contribution < 1.29 is 14.3 Å². The van der Waals surface area contributed by atoms with E-state index in [1.54, 1.807) is 0 Å². The maximum absolute atomic E-state index is 11.6. The van der Waals surface area contributed by atoms with Gasteiger partial charge in [-0.3, -0.25) is 4.79 Å². The van der Waals surface area contributed by atoms with E-state index in [1.807, 2.05) is 6.08 Å². The molecule has 0 unspecified atom stereocenters. The van der Waals surface area contributed by atoms with Crippen LogP contribution in [-0.2, 0) is 14.3 Å². The van der Waals surface area contributed by atoms with Crippen LogP contribution in [0.25, 0.3) is 0 Å². The summed E-state index contributed by atoms with van der Waals surface area (Å²) in [6.07, 6.45) is 11.7. The smallest absolute Gasteiger partial charge is 0.330 e. The zero-order valence-electron chi connectivity index (χ0n) is 12.4. The molecule has 1 atom stereocenters. The lowest BCUT2D eigenvalue weighted by Gasteiger charge is -2.08. The number of carbonyl (C=O) groups excluding carboxylic acids is 2. The number of allylic oxidation sites excluding steroid dienone is 1. The monoisotopic (exact) mass is 281 g/mol. The van der Waals surface area contributed by atoms with Gasteiger partial charge in [-0.05, 0) is 38.6 Å². The predicted octanol–water partition coefficient (Wildman–Crippen LogP) is 3.12. The molecule has 0 aliphatic carbocycles. The number of hydrogen-bond acceptors (Lipinski definition) is 4. The van der Waals surface area contributed by atoms with Crippen LogP contribution in [0.1, 0.15) is 64.2 Å². The highest BCUT2D eigenvalue weighted by molar-refractivity contribution is 5.88. The van der Waals surface area contributed by atoms with Crippen molar-refractivity contribution in [3.05, 3.63) is 12.7 Å². The molecule has 0 aromatic carbocycles. The van der Waals surface area contributed by atoms with Gasteiger partial charge >= 0.3 is 11.9 Å². The summed E-state index contributed by atoms with van der Waals surface area (Å²) in [4.78, 5) is 23.1. The van der Waals surface area contributed by atoms with Crippen LogP contribution < -0.4 is 5.32 Å². The highest BCUT2D eigenvalue weighted by atomic mass is 16.6. The standard InChI is InChI=1S/C16H27NO3/c1-2-3-4-5-6-7-8-9-12-15(18)20-16(19)14-11-10-13-17-14/h2,14,17H,1,3-13H2/t14-/m0/s1. The Kier molecular flexibility index (Phi) is 8.96. The third-order valence-electron chi connectivity index (χ3n) is 3.60. The fourth-order valence-electron chi connectivity index (χ4n) is 2.39. The first-order valence-corrected chi connectivity index (χ1v) is 7.83. The molecule has 1 N–H and O–H groups in total. The summed E-state index contributed by atoms with van der Waals surface area (Å²) in [7, 11) is 0. The Labute approximate surface area is 122 Å². The highest BCUT2D eigenvalue weighted by Gasteiger charge is 2.25. The molecule has 4 heteroatoms. The van der Waals surface area contributed by atoms with Gasteiger partial charge in [0.15, 0.2) is 0 Å². The second-order valence-electron chi connectivity index (χ2n) is 5.39. The van der Waals surface area contributed by atoms with E-state index in [-0.39, 0.29) is 12.0 Å². The second-order valence-corrected chi connectivity index (χ2v) is 5.39. The van der Waals surface area contributed by atoms with E-state index in [9.17, 15) is 9.59 Å². The fraction of sp³-hybridized carbons (Fsp3) is 0.750. The molecule has 0 radical (unpaired) electrons. The van der Waals surface area contributed by atoms with Gasteiger partial charge in [0.25, 0.3) is 0 Å². The minimum atomic E-state index is -0.406. The van der Waals surface area contributed by atoms with E-state index in [0.717, 1.165) is 45.1 Å². The number of ether oxygens (including phenoxy) is 1. The van der Waals surface area contributed by atoms with Gasteiger partial charge < -0.3 is 10.1 Å². The number of unbranched alkanes of at least 4 members (excludes halogenated alkanes) is 6. The first-order chi connectivity index (χ1) is 9.74. The Morgan fingerprint density at radius 2 is 1.85 bits per heavy atom. The lowest BCUT2D eigenvalue weighted by molar-refractivity contribution is -0.161. The van der Waals surface area contributed by atoms with Gasteiger partial charge in [-0.1, -0.05) is 31.8 Å². The van der Waals surface area contributed by atoms with Crippen molar-refractivity contribution in [2.24, 2.45) is 0 Å². The first kappa shape index (κ1) is 16.9. The van der Waals surface area contributed by atoms with E-state index in [4.69, 9.17) is 4.74 Å². The average molecular weight is 281 g/mol. The summed E-state index contributed by atoms with van der Waals surface area (Å²) in [5, 5.41) is 3.03. The number of rotatable bonds is 10. The van der Waals surface area contributed by atoms with E-state index in [2.05, 4.69) is 11.9 Å². The van der Waals surface area contributed by atoms with Crippen LogP contribution in [0.3, 0.4) is 0 Å². The van der Waals surface area contributed by atoms with Crippen molar-refractivity contribution in [2.45, 2.75) is 70.3 Å². The van der Waals surface area contributed by atoms with Crippen LogP contribution >= 0.6 is 0 Å². The van der Waals surface area contributed by atoms with Gasteiger partial charge in [0.2, 0.25) is 0 Å². The quantitative estimate of drug-likeness (QED) is 0.289. The average Bonchev–Trinajstić information content (AvgIpc) is 2.96. The van der Waals surface area contributed by atoms with Gasteiger partial charge in [0, 0.05) is 6.42 Å². The van der Waals surface area contributed by atoms with Gasteiger partial charge in [0.05, 0.1) is 0 Å². The largest absolute Gasteiger partial charge is 0.392 e. The predicted molar refractivity (Wildman–Crippen MR) is 79.3 cm³/mol. The van der Waals surface area contributed by atoms with Crippen LogP contribution in [0.4, 0.5) is 0 Å². The maximum atomic E-state index is 11.6. The lowest BCUT2D eigenvalue weighted by atomic mass is 10.1. The minimum absolute atomic E-state index is 0.274. The molecule has 1 rings (SSSR count). The normalized spacial score (nSPS) is 17.9. The molecule has 0 spiro atoms. The maximum Gasteiger partial charge on any atom is 0.330 e. The third kappa shape index (κ3) is 7.43. The van der Waals surface area contributed by atoms with Crippen molar-refractivity contribution in [1.82, 2.24) is 5.32 Å². The van der Waals surface area contributed by atoms with Gasteiger partial charge in [-0.15, -0.1) is 6.58 Å². The van der Waals surface area contributed by atoms with E-state index in [0.29, 0.717) is 6.42 Å². The summed E-state index contributed by atoms with van der Waals surface area (Å²) in [6, 6.07) is -0.274. The molecule has 1 aliphatic heterocycles. The molecule has 1 fully saturated rings. The Balaban J connectivity index is 1.94. The van der Waals surface area contributed by atoms with Crippen LogP contribution in [0.5, 0.6) is 0 Å². The first-order valence-electron chi connectivity index (χ1n) is 7.83. The van der Waals surface area contributed by atoms with Crippen molar-refractivity contribution in [2.75, 3.05) is 6.54 Å².